The molecule has 0 aliphatic rings. The SMILES string of the molecule is CCP(=S)(Oc1ccc(Cl)cc1)SC(C)(F)F. The number of hydrogen-bond acceptors (Lipinski definition) is 3. The molecule has 0 aromatic heterocycles. The second-order valence-corrected chi connectivity index (χ2v) is 11.5. The van der Waals surface area contributed by atoms with Crippen molar-refractivity contribution in [2.24, 2.45) is 0 Å². The lowest BCUT2D eigenvalue weighted by molar-refractivity contribution is 0.130. The van der Waals surface area contributed by atoms with Gasteiger partial charge in [-0.2, -0.15) is 8.78 Å². The molecule has 0 spiro atoms. The monoisotopic (exact) mass is 316 g/mol. The molecule has 1 unspecified atom stereocenters. The van der Waals surface area contributed by atoms with E-state index in [1.807, 2.05) is 0 Å². The minimum Gasteiger partial charge on any atom is -0.457 e. The molecule has 0 N–H and O–H groups in total. The zero-order valence-corrected chi connectivity index (χ0v) is 12.6. The third kappa shape index (κ3) is 5.56. The third-order valence-electron chi connectivity index (χ3n) is 1.74. The van der Waals surface area contributed by atoms with Gasteiger partial charge in [-0.3, -0.25) is 0 Å². The molecule has 17 heavy (non-hydrogen) atoms. The summed E-state index contributed by atoms with van der Waals surface area (Å²) >= 11 is 11.4. The Morgan fingerprint density at radius 3 is 2.35 bits per heavy atom. The van der Waals surface area contributed by atoms with Crippen molar-refractivity contribution < 1.29 is 13.3 Å². The standard InChI is InChI=1S/C10H12ClF2OPS2/c1-3-15(16,17-10(2,12)13)14-9-6-4-8(11)5-7-9/h4-7H,3H2,1-2H3. The molecule has 1 aromatic carbocycles. The van der Waals surface area contributed by atoms with Crippen LogP contribution in [0, 0.1) is 0 Å². The molecule has 0 amide bonds. The first-order chi connectivity index (χ1) is 7.74. The van der Waals surface area contributed by atoms with Gasteiger partial charge in [-0.15, -0.1) is 0 Å². The third-order valence-corrected chi connectivity index (χ3v) is 8.32. The fourth-order valence-electron chi connectivity index (χ4n) is 1.05. The lowest BCUT2D eigenvalue weighted by Gasteiger charge is -2.23. The van der Waals surface area contributed by atoms with E-state index in [2.05, 4.69) is 0 Å². The van der Waals surface area contributed by atoms with Crippen LogP contribution in [-0.4, -0.2) is 11.4 Å². The van der Waals surface area contributed by atoms with Crippen LogP contribution in [0.5, 0.6) is 5.75 Å². The Balaban J connectivity index is 2.82. The predicted octanol–water partition coefficient (Wildman–Crippen LogP) is 5.39. The van der Waals surface area contributed by atoms with E-state index < -0.39 is 10.7 Å². The summed E-state index contributed by atoms with van der Waals surface area (Å²) in [5.74, 6) is 0.483. The number of halogens is 3. The second kappa shape index (κ2) is 5.87. The molecular weight excluding hydrogens is 305 g/mol. The van der Waals surface area contributed by atoms with Crippen molar-refractivity contribution in [1.29, 1.82) is 0 Å². The first kappa shape index (κ1) is 15.2. The molecule has 0 aliphatic heterocycles. The molecule has 1 aromatic rings. The average molecular weight is 317 g/mol. The van der Waals surface area contributed by atoms with Gasteiger partial charge in [-0.05, 0) is 47.5 Å². The topological polar surface area (TPSA) is 9.23 Å². The summed E-state index contributed by atoms with van der Waals surface area (Å²) in [5.41, 5.74) is -2.60. The Morgan fingerprint density at radius 1 is 1.41 bits per heavy atom. The first-order valence-electron chi connectivity index (χ1n) is 4.87. The molecule has 7 heteroatoms. The Bertz CT molecular complexity index is 419. The molecular formula is C10H12ClF2OPS2. The quantitative estimate of drug-likeness (QED) is 0.674. The van der Waals surface area contributed by atoms with Crippen molar-refractivity contribution in [1.82, 2.24) is 0 Å². The number of hydrogen-bond donors (Lipinski definition) is 0. The molecule has 0 radical (unpaired) electrons. The van der Waals surface area contributed by atoms with Crippen LogP contribution < -0.4 is 4.52 Å². The number of alkyl halides is 2. The van der Waals surface area contributed by atoms with Gasteiger partial charge in [0.25, 0.3) is 5.25 Å². The Kier molecular flexibility index (Phi) is 5.26. The molecule has 0 saturated carbocycles. The van der Waals surface area contributed by atoms with Crippen molar-refractivity contribution in [3.63, 3.8) is 0 Å². The predicted molar refractivity (Wildman–Crippen MR) is 75.1 cm³/mol. The molecule has 0 bridgehead atoms. The Morgan fingerprint density at radius 2 is 1.94 bits per heavy atom. The van der Waals surface area contributed by atoms with Gasteiger partial charge < -0.3 is 4.52 Å². The van der Waals surface area contributed by atoms with Crippen molar-refractivity contribution >= 4 is 40.3 Å². The highest BCUT2D eigenvalue weighted by Crippen LogP contribution is 2.64. The maximum Gasteiger partial charge on any atom is 0.298 e. The van der Waals surface area contributed by atoms with E-state index >= 15 is 0 Å². The summed E-state index contributed by atoms with van der Waals surface area (Å²) in [5, 5.41) is -2.31. The molecule has 1 rings (SSSR count). The lowest BCUT2D eigenvalue weighted by Crippen LogP contribution is -2.05. The van der Waals surface area contributed by atoms with Crippen LogP contribution in [0.1, 0.15) is 13.8 Å². The van der Waals surface area contributed by atoms with Gasteiger partial charge in [0.1, 0.15) is 5.75 Å². The highest BCUT2D eigenvalue weighted by atomic mass is 35.5. The van der Waals surface area contributed by atoms with Crippen LogP contribution in [0.4, 0.5) is 8.78 Å². The van der Waals surface area contributed by atoms with Gasteiger partial charge in [-0.1, -0.05) is 18.5 Å². The van der Waals surface area contributed by atoms with Crippen molar-refractivity contribution in [2.45, 2.75) is 19.1 Å². The summed E-state index contributed by atoms with van der Waals surface area (Å²) in [4.78, 5) is 0. The van der Waals surface area contributed by atoms with Crippen molar-refractivity contribution in [3.05, 3.63) is 29.3 Å². The van der Waals surface area contributed by atoms with E-state index in [4.69, 9.17) is 27.9 Å². The summed E-state index contributed by atoms with van der Waals surface area (Å²) in [7, 11) is 0. The number of benzene rings is 1. The zero-order chi connectivity index (χ0) is 13.1. The van der Waals surface area contributed by atoms with Crippen LogP contribution in [0.3, 0.4) is 0 Å². The first-order valence-corrected chi connectivity index (χ1v) is 9.57. The van der Waals surface area contributed by atoms with Crippen molar-refractivity contribution in [2.75, 3.05) is 6.16 Å². The van der Waals surface area contributed by atoms with E-state index in [1.165, 1.54) is 0 Å². The van der Waals surface area contributed by atoms with Gasteiger partial charge in [0, 0.05) is 18.1 Å². The molecule has 0 saturated heterocycles. The Hall–Kier alpha value is 0.170. The maximum absolute atomic E-state index is 13.0. The van der Waals surface area contributed by atoms with Gasteiger partial charge in [0.15, 0.2) is 5.47 Å². The van der Waals surface area contributed by atoms with E-state index in [9.17, 15) is 8.78 Å². The molecule has 0 heterocycles. The second-order valence-electron chi connectivity index (χ2n) is 3.37. The maximum atomic E-state index is 13.0. The lowest BCUT2D eigenvalue weighted by atomic mass is 10.3. The minimum atomic E-state index is -2.88. The van der Waals surface area contributed by atoms with Gasteiger partial charge in [0.2, 0.25) is 0 Å². The number of rotatable bonds is 5. The highest BCUT2D eigenvalue weighted by molar-refractivity contribution is 8.69. The average Bonchev–Trinajstić information content (AvgIpc) is 2.19. The largest absolute Gasteiger partial charge is 0.457 e. The summed E-state index contributed by atoms with van der Waals surface area (Å²) < 4.78 is 31.5. The molecule has 1 atom stereocenters. The fraction of sp³-hybridized carbons (Fsp3) is 0.400. The Labute approximate surface area is 114 Å². The van der Waals surface area contributed by atoms with Crippen LogP contribution in [-0.2, 0) is 11.8 Å². The molecule has 0 aliphatic carbocycles. The van der Waals surface area contributed by atoms with Gasteiger partial charge in [0.05, 0.1) is 0 Å². The van der Waals surface area contributed by atoms with E-state index in [-0.39, 0.29) is 0 Å². The van der Waals surface area contributed by atoms with E-state index in [0.717, 1.165) is 6.92 Å². The fourth-order valence-corrected chi connectivity index (χ4v) is 6.06. The van der Waals surface area contributed by atoms with Gasteiger partial charge in [-0.25, -0.2) is 0 Å². The van der Waals surface area contributed by atoms with E-state index in [1.54, 1.807) is 31.2 Å². The van der Waals surface area contributed by atoms with Crippen LogP contribution in [0.15, 0.2) is 24.3 Å². The van der Waals surface area contributed by atoms with Crippen LogP contribution >= 0.6 is 28.4 Å². The highest BCUT2D eigenvalue weighted by Gasteiger charge is 2.33. The molecule has 96 valence electrons. The molecule has 0 fully saturated rings. The van der Waals surface area contributed by atoms with Crippen molar-refractivity contribution in [3.8, 4) is 5.75 Å². The summed E-state index contributed by atoms with van der Waals surface area (Å²) in [6.45, 7) is 2.59. The van der Waals surface area contributed by atoms with Gasteiger partial charge >= 0.3 is 0 Å². The van der Waals surface area contributed by atoms with Crippen LogP contribution in [0.2, 0.25) is 5.02 Å². The van der Waals surface area contributed by atoms with Crippen LogP contribution in [0.25, 0.3) is 0 Å². The smallest absolute Gasteiger partial charge is 0.298 e. The summed E-state index contributed by atoms with van der Waals surface area (Å²) in [6.07, 6.45) is 0.402. The molecule has 1 nitrogen and oxygen atoms in total. The minimum absolute atomic E-state index is 0.402. The summed E-state index contributed by atoms with van der Waals surface area (Å²) in [6, 6.07) is 6.54. The normalized spacial score (nSPS) is 15.4. The van der Waals surface area contributed by atoms with E-state index in [0.29, 0.717) is 28.3 Å². The zero-order valence-electron chi connectivity index (χ0n) is 9.32.